The van der Waals surface area contributed by atoms with Crippen LogP contribution in [0.2, 0.25) is 0 Å². The molecule has 0 aliphatic carbocycles. The molecule has 0 radical (unpaired) electrons. The molecular weight excluding hydrogens is 414 g/mol. The fourth-order valence-corrected chi connectivity index (χ4v) is 4.74. The predicted octanol–water partition coefficient (Wildman–Crippen LogP) is 3.04. The SMILES string of the molecule is Cc1ccccc1NS(=O)(=O)c1ccc(C(=O)NCc2nnc3n2CCCCC3)cc1. The Balaban J connectivity index is 1.41. The first-order valence-electron chi connectivity index (χ1n) is 10.3. The van der Waals surface area contributed by atoms with Crippen LogP contribution < -0.4 is 10.0 Å². The molecule has 8 nitrogen and oxygen atoms in total. The van der Waals surface area contributed by atoms with Gasteiger partial charge in [-0.05, 0) is 55.7 Å². The van der Waals surface area contributed by atoms with Crippen molar-refractivity contribution in [3.63, 3.8) is 0 Å². The third kappa shape index (κ3) is 4.77. The first-order chi connectivity index (χ1) is 14.9. The van der Waals surface area contributed by atoms with Crippen molar-refractivity contribution in [3.05, 3.63) is 71.3 Å². The number of benzene rings is 2. The van der Waals surface area contributed by atoms with Crippen molar-refractivity contribution in [2.75, 3.05) is 4.72 Å². The summed E-state index contributed by atoms with van der Waals surface area (Å²) in [5.74, 6) is 1.42. The monoisotopic (exact) mass is 439 g/mol. The Labute approximate surface area is 181 Å². The Morgan fingerprint density at radius 3 is 2.58 bits per heavy atom. The molecule has 1 aromatic heterocycles. The van der Waals surface area contributed by atoms with Crippen LogP contribution in [0.4, 0.5) is 5.69 Å². The molecule has 3 aromatic rings. The number of hydrogen-bond acceptors (Lipinski definition) is 5. The number of anilines is 1. The molecule has 162 valence electrons. The smallest absolute Gasteiger partial charge is 0.261 e. The summed E-state index contributed by atoms with van der Waals surface area (Å²) in [4.78, 5) is 12.6. The van der Waals surface area contributed by atoms with Crippen LogP contribution in [0.5, 0.6) is 0 Å². The first kappa shape index (κ1) is 21.0. The maximum atomic E-state index is 12.7. The van der Waals surface area contributed by atoms with E-state index in [-0.39, 0.29) is 17.3 Å². The molecule has 31 heavy (non-hydrogen) atoms. The van der Waals surface area contributed by atoms with Crippen LogP contribution in [0.3, 0.4) is 0 Å². The number of hydrogen-bond donors (Lipinski definition) is 2. The van der Waals surface area contributed by atoms with Crippen molar-refractivity contribution in [1.29, 1.82) is 0 Å². The molecule has 4 rings (SSSR count). The highest BCUT2D eigenvalue weighted by Crippen LogP contribution is 2.20. The summed E-state index contributed by atoms with van der Waals surface area (Å²) in [7, 11) is -3.74. The van der Waals surface area contributed by atoms with Gasteiger partial charge in [0.2, 0.25) is 0 Å². The third-order valence-corrected chi connectivity index (χ3v) is 6.79. The number of amides is 1. The minimum Gasteiger partial charge on any atom is -0.345 e. The first-order valence-corrected chi connectivity index (χ1v) is 11.8. The van der Waals surface area contributed by atoms with Gasteiger partial charge in [-0.2, -0.15) is 0 Å². The second kappa shape index (κ2) is 8.89. The molecule has 2 heterocycles. The fraction of sp³-hybridized carbons (Fsp3) is 0.318. The van der Waals surface area contributed by atoms with E-state index < -0.39 is 10.0 Å². The fourth-order valence-electron chi connectivity index (χ4n) is 3.61. The van der Waals surface area contributed by atoms with Crippen LogP contribution in [0.15, 0.2) is 53.4 Å². The van der Waals surface area contributed by atoms with Gasteiger partial charge >= 0.3 is 0 Å². The van der Waals surface area contributed by atoms with E-state index >= 15 is 0 Å². The summed E-state index contributed by atoms with van der Waals surface area (Å²) in [5, 5.41) is 11.3. The van der Waals surface area contributed by atoms with Gasteiger partial charge in [0.15, 0.2) is 5.82 Å². The normalized spacial score (nSPS) is 13.8. The highest BCUT2D eigenvalue weighted by atomic mass is 32.2. The van der Waals surface area contributed by atoms with Gasteiger partial charge in [0, 0.05) is 18.5 Å². The summed E-state index contributed by atoms with van der Waals surface area (Å²) < 4.78 is 30.0. The number of carbonyl (C=O) groups excluding carboxylic acids is 1. The van der Waals surface area contributed by atoms with Crippen LogP contribution in [0.25, 0.3) is 0 Å². The lowest BCUT2D eigenvalue weighted by atomic mass is 10.2. The number of nitrogens with one attached hydrogen (secondary N) is 2. The molecule has 1 amide bonds. The lowest BCUT2D eigenvalue weighted by Gasteiger charge is -2.11. The van der Waals surface area contributed by atoms with E-state index in [1.807, 2.05) is 19.1 Å². The van der Waals surface area contributed by atoms with Gasteiger partial charge in [0.25, 0.3) is 15.9 Å². The van der Waals surface area contributed by atoms with Crippen LogP contribution in [-0.4, -0.2) is 29.1 Å². The van der Waals surface area contributed by atoms with Gasteiger partial charge in [0.1, 0.15) is 5.82 Å². The van der Waals surface area contributed by atoms with E-state index in [4.69, 9.17) is 0 Å². The second-order valence-electron chi connectivity index (χ2n) is 7.62. The highest BCUT2D eigenvalue weighted by molar-refractivity contribution is 7.92. The molecule has 0 spiro atoms. The van der Waals surface area contributed by atoms with E-state index in [2.05, 4.69) is 24.8 Å². The van der Waals surface area contributed by atoms with E-state index in [9.17, 15) is 13.2 Å². The van der Waals surface area contributed by atoms with Gasteiger partial charge in [-0.3, -0.25) is 9.52 Å². The number of sulfonamides is 1. The number of rotatable bonds is 6. The molecule has 9 heteroatoms. The molecule has 0 saturated heterocycles. The molecule has 2 N–H and O–H groups in total. The van der Waals surface area contributed by atoms with Crippen LogP contribution in [0.1, 0.15) is 46.8 Å². The Morgan fingerprint density at radius 1 is 1.03 bits per heavy atom. The van der Waals surface area contributed by atoms with Gasteiger partial charge < -0.3 is 9.88 Å². The maximum absolute atomic E-state index is 12.7. The van der Waals surface area contributed by atoms with Crippen molar-refractivity contribution in [2.24, 2.45) is 0 Å². The summed E-state index contributed by atoms with van der Waals surface area (Å²) in [6.45, 7) is 2.98. The number of aromatic nitrogens is 3. The molecule has 1 aliphatic heterocycles. The topological polar surface area (TPSA) is 106 Å². The summed E-state index contributed by atoms with van der Waals surface area (Å²) >= 11 is 0. The van der Waals surface area contributed by atoms with Gasteiger partial charge in [0.05, 0.1) is 17.1 Å². The highest BCUT2D eigenvalue weighted by Gasteiger charge is 2.18. The lowest BCUT2D eigenvalue weighted by Crippen LogP contribution is -2.25. The number of nitrogens with zero attached hydrogens (tertiary/aromatic N) is 3. The zero-order valence-electron chi connectivity index (χ0n) is 17.3. The van der Waals surface area contributed by atoms with E-state index in [1.54, 1.807) is 12.1 Å². The summed E-state index contributed by atoms with van der Waals surface area (Å²) in [6, 6.07) is 13.0. The molecule has 2 aromatic carbocycles. The summed E-state index contributed by atoms with van der Waals surface area (Å²) in [6.07, 6.45) is 4.27. The number of fused-ring (bicyclic) bond motifs is 1. The van der Waals surface area contributed by atoms with Crippen LogP contribution >= 0.6 is 0 Å². The van der Waals surface area contributed by atoms with Gasteiger partial charge in [-0.1, -0.05) is 24.6 Å². The van der Waals surface area contributed by atoms with E-state index in [0.717, 1.165) is 43.0 Å². The molecule has 0 atom stereocenters. The lowest BCUT2D eigenvalue weighted by molar-refractivity contribution is 0.0949. The molecule has 1 aliphatic rings. The molecule has 0 fully saturated rings. The van der Waals surface area contributed by atoms with Crippen molar-refractivity contribution in [3.8, 4) is 0 Å². The Bertz CT molecular complexity index is 1190. The van der Waals surface area contributed by atoms with Gasteiger partial charge in [-0.15, -0.1) is 10.2 Å². The van der Waals surface area contributed by atoms with Crippen LogP contribution in [-0.2, 0) is 29.5 Å². The quantitative estimate of drug-likeness (QED) is 0.614. The average Bonchev–Trinajstić information content (AvgIpc) is 2.99. The van der Waals surface area contributed by atoms with Crippen molar-refractivity contribution in [1.82, 2.24) is 20.1 Å². The Hall–Kier alpha value is -3.20. The minimum atomic E-state index is -3.74. The molecular formula is C22H25N5O3S. The van der Waals surface area contributed by atoms with Gasteiger partial charge in [-0.25, -0.2) is 8.42 Å². The predicted molar refractivity (Wildman–Crippen MR) is 117 cm³/mol. The zero-order valence-corrected chi connectivity index (χ0v) is 18.2. The zero-order chi connectivity index (χ0) is 21.8. The van der Waals surface area contributed by atoms with Crippen molar-refractivity contribution in [2.45, 2.75) is 50.6 Å². The van der Waals surface area contributed by atoms with Crippen molar-refractivity contribution >= 4 is 21.6 Å². The average molecular weight is 440 g/mol. The van der Waals surface area contributed by atoms with Crippen LogP contribution in [0, 0.1) is 6.92 Å². The van der Waals surface area contributed by atoms with Crippen molar-refractivity contribution < 1.29 is 13.2 Å². The van der Waals surface area contributed by atoms with E-state index in [0.29, 0.717) is 11.3 Å². The third-order valence-electron chi connectivity index (χ3n) is 5.41. The van der Waals surface area contributed by atoms with E-state index in [1.165, 1.54) is 30.7 Å². The maximum Gasteiger partial charge on any atom is 0.261 e. The Morgan fingerprint density at radius 2 is 1.81 bits per heavy atom. The largest absolute Gasteiger partial charge is 0.345 e. The molecule has 0 unspecified atom stereocenters. The molecule has 0 saturated carbocycles. The standard InChI is InChI=1S/C22H25N5O3S/c1-16-7-4-5-8-19(16)26-31(29,30)18-12-10-17(11-13-18)22(28)23-15-21-25-24-20-9-3-2-6-14-27(20)21/h4-5,7-8,10-13,26H,2-3,6,9,14-15H2,1H3,(H,23,28). The Kier molecular flexibility index (Phi) is 6.03. The summed E-state index contributed by atoms with van der Waals surface area (Å²) in [5.41, 5.74) is 1.73. The minimum absolute atomic E-state index is 0.0927. The second-order valence-corrected chi connectivity index (χ2v) is 9.30. The number of carbonyl (C=O) groups is 1. The molecule has 0 bridgehead atoms. The number of aryl methyl sites for hydroxylation is 2. The number of para-hydroxylation sites is 1.